The van der Waals surface area contributed by atoms with Crippen LogP contribution in [0.5, 0.6) is 0 Å². The SMILES string of the molecule is Cc1nc(CN)cc(NCC2(N(C)C)CCSC2)n1. The van der Waals surface area contributed by atoms with Crippen LogP contribution in [0.1, 0.15) is 17.9 Å². The van der Waals surface area contributed by atoms with Crippen LogP contribution in [0.15, 0.2) is 6.07 Å². The first-order chi connectivity index (χ1) is 9.05. The summed E-state index contributed by atoms with van der Waals surface area (Å²) in [5.41, 5.74) is 6.76. The van der Waals surface area contributed by atoms with E-state index in [2.05, 4.69) is 34.3 Å². The lowest BCUT2D eigenvalue weighted by Crippen LogP contribution is -2.49. The minimum Gasteiger partial charge on any atom is -0.368 e. The highest BCUT2D eigenvalue weighted by molar-refractivity contribution is 7.99. The number of thioether (sulfide) groups is 1. The smallest absolute Gasteiger partial charge is 0.130 e. The Morgan fingerprint density at radius 3 is 2.84 bits per heavy atom. The lowest BCUT2D eigenvalue weighted by Gasteiger charge is -2.36. The molecule has 106 valence electrons. The normalized spacial score (nSPS) is 23.0. The molecule has 0 aliphatic carbocycles. The maximum Gasteiger partial charge on any atom is 0.130 e. The third-order valence-electron chi connectivity index (χ3n) is 3.73. The van der Waals surface area contributed by atoms with Gasteiger partial charge in [-0.15, -0.1) is 0 Å². The first kappa shape index (κ1) is 14.6. The van der Waals surface area contributed by atoms with Gasteiger partial charge in [-0.2, -0.15) is 11.8 Å². The van der Waals surface area contributed by atoms with Crippen molar-refractivity contribution in [2.24, 2.45) is 5.73 Å². The largest absolute Gasteiger partial charge is 0.368 e. The highest BCUT2D eigenvalue weighted by atomic mass is 32.2. The van der Waals surface area contributed by atoms with E-state index in [1.165, 1.54) is 17.9 Å². The Hall–Kier alpha value is -0.850. The Morgan fingerprint density at radius 1 is 1.47 bits per heavy atom. The Morgan fingerprint density at radius 2 is 2.26 bits per heavy atom. The molecular formula is C13H23N5S. The van der Waals surface area contributed by atoms with Crippen LogP contribution in [-0.4, -0.2) is 52.6 Å². The summed E-state index contributed by atoms with van der Waals surface area (Å²) < 4.78 is 0. The number of nitrogens with two attached hydrogens (primary N) is 1. The van der Waals surface area contributed by atoms with Gasteiger partial charge < -0.3 is 16.0 Å². The van der Waals surface area contributed by atoms with Crippen LogP contribution in [0.25, 0.3) is 0 Å². The predicted octanol–water partition coefficient (Wildman–Crippen LogP) is 1.09. The van der Waals surface area contributed by atoms with Crippen LogP contribution in [0.2, 0.25) is 0 Å². The van der Waals surface area contributed by atoms with Crippen molar-refractivity contribution >= 4 is 17.6 Å². The van der Waals surface area contributed by atoms with E-state index in [0.717, 1.165) is 23.9 Å². The number of hydrogen-bond acceptors (Lipinski definition) is 6. The van der Waals surface area contributed by atoms with E-state index in [0.29, 0.717) is 6.54 Å². The third kappa shape index (κ3) is 3.38. The zero-order valence-electron chi connectivity index (χ0n) is 11.9. The molecule has 0 aromatic carbocycles. The van der Waals surface area contributed by atoms with Crippen molar-refractivity contribution in [2.75, 3.05) is 37.5 Å². The molecule has 5 nitrogen and oxygen atoms in total. The summed E-state index contributed by atoms with van der Waals surface area (Å²) in [4.78, 5) is 11.1. The lowest BCUT2D eigenvalue weighted by atomic mass is 9.97. The molecule has 1 saturated heterocycles. The molecule has 1 aliphatic rings. The maximum atomic E-state index is 5.65. The first-order valence-corrected chi connectivity index (χ1v) is 7.75. The Balaban J connectivity index is 2.07. The number of hydrogen-bond donors (Lipinski definition) is 2. The van der Waals surface area contributed by atoms with Crippen LogP contribution in [-0.2, 0) is 6.54 Å². The monoisotopic (exact) mass is 281 g/mol. The standard InChI is InChI=1S/C13H23N5S/c1-10-16-11(7-14)6-12(17-10)15-8-13(18(2)3)4-5-19-9-13/h6H,4-5,7-9,14H2,1-3H3,(H,15,16,17). The van der Waals surface area contributed by atoms with Gasteiger partial charge in [0.15, 0.2) is 0 Å². The zero-order chi connectivity index (χ0) is 13.9. The van der Waals surface area contributed by atoms with Crippen LogP contribution in [0, 0.1) is 6.92 Å². The van der Waals surface area contributed by atoms with E-state index in [-0.39, 0.29) is 5.54 Å². The average molecular weight is 281 g/mol. The van der Waals surface area contributed by atoms with Crippen LogP contribution < -0.4 is 11.1 Å². The summed E-state index contributed by atoms with van der Waals surface area (Å²) in [6.07, 6.45) is 1.21. The lowest BCUT2D eigenvalue weighted by molar-refractivity contribution is 0.195. The summed E-state index contributed by atoms with van der Waals surface area (Å²) in [6, 6.07) is 1.94. The molecule has 1 aliphatic heterocycles. The van der Waals surface area contributed by atoms with Gasteiger partial charge in [-0.1, -0.05) is 0 Å². The summed E-state index contributed by atoms with van der Waals surface area (Å²) in [6.45, 7) is 3.26. The molecule has 0 amide bonds. The highest BCUT2D eigenvalue weighted by Gasteiger charge is 2.36. The van der Waals surface area contributed by atoms with Crippen molar-refractivity contribution in [3.63, 3.8) is 0 Å². The molecule has 1 atom stereocenters. The summed E-state index contributed by atoms with van der Waals surface area (Å²) in [5, 5.41) is 3.46. The average Bonchev–Trinajstić information content (AvgIpc) is 2.86. The van der Waals surface area contributed by atoms with Gasteiger partial charge in [-0.3, -0.25) is 0 Å². The van der Waals surface area contributed by atoms with Gasteiger partial charge >= 0.3 is 0 Å². The van der Waals surface area contributed by atoms with Gasteiger partial charge in [0.1, 0.15) is 11.6 Å². The van der Waals surface area contributed by atoms with Crippen LogP contribution in [0.4, 0.5) is 5.82 Å². The number of nitrogens with one attached hydrogen (secondary N) is 1. The van der Waals surface area contributed by atoms with Crippen molar-refractivity contribution in [1.29, 1.82) is 0 Å². The topological polar surface area (TPSA) is 67.1 Å². The number of rotatable bonds is 5. The van der Waals surface area contributed by atoms with E-state index in [4.69, 9.17) is 5.73 Å². The second-order valence-electron chi connectivity index (χ2n) is 5.27. The summed E-state index contributed by atoms with van der Waals surface area (Å²) in [5.74, 6) is 4.05. The number of anilines is 1. The van der Waals surface area contributed by atoms with Crippen molar-refractivity contribution in [1.82, 2.24) is 14.9 Å². The molecule has 0 spiro atoms. The fraction of sp³-hybridized carbons (Fsp3) is 0.692. The minimum absolute atomic E-state index is 0.229. The van der Waals surface area contributed by atoms with Crippen molar-refractivity contribution < 1.29 is 0 Å². The molecular weight excluding hydrogens is 258 g/mol. The summed E-state index contributed by atoms with van der Waals surface area (Å²) >= 11 is 2.02. The Kier molecular flexibility index (Phi) is 4.65. The van der Waals surface area contributed by atoms with Gasteiger partial charge in [-0.05, 0) is 33.2 Å². The molecule has 1 fully saturated rings. The van der Waals surface area contributed by atoms with Crippen molar-refractivity contribution in [2.45, 2.75) is 25.4 Å². The van der Waals surface area contributed by atoms with E-state index in [1.54, 1.807) is 0 Å². The molecule has 2 heterocycles. The molecule has 0 saturated carbocycles. The quantitative estimate of drug-likeness (QED) is 0.842. The molecule has 1 unspecified atom stereocenters. The second-order valence-corrected chi connectivity index (χ2v) is 6.38. The number of nitrogens with zero attached hydrogens (tertiary/aromatic N) is 3. The van der Waals surface area contributed by atoms with Crippen LogP contribution in [0.3, 0.4) is 0 Å². The third-order valence-corrected chi connectivity index (χ3v) is 4.96. The Bertz CT molecular complexity index is 429. The number of aromatic nitrogens is 2. The van der Waals surface area contributed by atoms with Gasteiger partial charge in [-0.25, -0.2) is 9.97 Å². The minimum atomic E-state index is 0.229. The highest BCUT2D eigenvalue weighted by Crippen LogP contribution is 2.32. The van der Waals surface area contributed by atoms with E-state index in [9.17, 15) is 0 Å². The first-order valence-electron chi connectivity index (χ1n) is 6.59. The molecule has 1 aromatic rings. The van der Waals surface area contributed by atoms with Crippen LogP contribution >= 0.6 is 11.8 Å². The number of aryl methyl sites for hydroxylation is 1. The predicted molar refractivity (Wildman–Crippen MR) is 81.5 cm³/mol. The molecule has 2 rings (SSSR count). The fourth-order valence-electron chi connectivity index (χ4n) is 2.33. The molecule has 0 bridgehead atoms. The van der Waals surface area contributed by atoms with Gasteiger partial charge in [0.2, 0.25) is 0 Å². The van der Waals surface area contributed by atoms with Crippen molar-refractivity contribution in [3.05, 3.63) is 17.6 Å². The van der Waals surface area contributed by atoms with E-state index >= 15 is 0 Å². The maximum absolute atomic E-state index is 5.65. The Labute approximate surface area is 119 Å². The van der Waals surface area contributed by atoms with Gasteiger partial charge in [0, 0.05) is 30.4 Å². The molecule has 0 radical (unpaired) electrons. The molecule has 3 N–H and O–H groups in total. The van der Waals surface area contributed by atoms with Crippen molar-refractivity contribution in [3.8, 4) is 0 Å². The zero-order valence-corrected chi connectivity index (χ0v) is 12.8. The van der Waals surface area contributed by atoms with E-state index < -0.39 is 0 Å². The second kappa shape index (κ2) is 6.07. The molecule has 1 aromatic heterocycles. The van der Waals surface area contributed by atoms with E-state index in [1.807, 2.05) is 24.8 Å². The van der Waals surface area contributed by atoms with Gasteiger partial charge in [0.25, 0.3) is 0 Å². The molecule has 19 heavy (non-hydrogen) atoms. The summed E-state index contributed by atoms with van der Waals surface area (Å²) in [7, 11) is 4.31. The fourth-order valence-corrected chi connectivity index (χ4v) is 3.88. The molecule has 6 heteroatoms. The number of likely N-dealkylation sites (N-methyl/N-ethyl adjacent to an activating group) is 1. The van der Waals surface area contributed by atoms with Gasteiger partial charge in [0.05, 0.1) is 5.69 Å².